The fourth-order valence-corrected chi connectivity index (χ4v) is 4.16. The topological polar surface area (TPSA) is 95.6 Å². The van der Waals surface area contributed by atoms with E-state index < -0.39 is 27.9 Å². The van der Waals surface area contributed by atoms with Crippen LogP contribution in [0.3, 0.4) is 0 Å². The van der Waals surface area contributed by atoms with Crippen LogP contribution in [-0.4, -0.2) is 44.7 Å². The standard InChI is InChI=1S/C22H28ClN3O4S/c1-13(2)20(25-21(27)17-9-7-8-10-18(17)23)22(28)24-19-12-16(11-14(3)15(19)4)31(29,30)26(5)6/h7-13,20H,1-6H3,(H,24,28)(H,25,27)/t20-/m0/s1. The Hall–Kier alpha value is -2.42. The zero-order chi connectivity index (χ0) is 23.5. The molecule has 0 bridgehead atoms. The third-order valence-electron chi connectivity index (χ3n) is 5.03. The number of benzene rings is 2. The number of rotatable bonds is 7. The zero-order valence-corrected chi connectivity index (χ0v) is 20.1. The second-order valence-corrected chi connectivity index (χ2v) is 10.4. The van der Waals surface area contributed by atoms with Crippen LogP contribution >= 0.6 is 11.6 Å². The highest BCUT2D eigenvalue weighted by molar-refractivity contribution is 7.89. The smallest absolute Gasteiger partial charge is 0.253 e. The Balaban J connectivity index is 2.34. The average Bonchev–Trinajstić information content (AvgIpc) is 2.68. The number of halogens is 1. The van der Waals surface area contributed by atoms with Gasteiger partial charge in [0, 0.05) is 19.8 Å². The summed E-state index contributed by atoms with van der Waals surface area (Å²) < 4.78 is 26.2. The molecule has 0 saturated carbocycles. The summed E-state index contributed by atoms with van der Waals surface area (Å²) >= 11 is 6.09. The molecule has 0 heterocycles. The van der Waals surface area contributed by atoms with Gasteiger partial charge in [0.05, 0.1) is 15.5 Å². The Morgan fingerprint density at radius 3 is 2.23 bits per heavy atom. The lowest BCUT2D eigenvalue weighted by Crippen LogP contribution is -2.47. The van der Waals surface area contributed by atoms with Gasteiger partial charge in [-0.15, -0.1) is 0 Å². The number of carbonyl (C=O) groups excluding carboxylic acids is 2. The largest absolute Gasteiger partial charge is 0.340 e. The molecule has 0 saturated heterocycles. The number of hydrogen-bond donors (Lipinski definition) is 2. The van der Waals surface area contributed by atoms with Crippen LogP contribution in [0.4, 0.5) is 5.69 Å². The predicted octanol–water partition coefficient (Wildman–Crippen LogP) is 3.60. The molecule has 2 amide bonds. The van der Waals surface area contributed by atoms with Gasteiger partial charge in [0.2, 0.25) is 15.9 Å². The first-order valence-electron chi connectivity index (χ1n) is 9.76. The maximum absolute atomic E-state index is 13.0. The predicted molar refractivity (Wildman–Crippen MR) is 123 cm³/mol. The van der Waals surface area contributed by atoms with Crippen molar-refractivity contribution < 1.29 is 18.0 Å². The van der Waals surface area contributed by atoms with Crippen LogP contribution in [-0.2, 0) is 14.8 Å². The summed E-state index contributed by atoms with van der Waals surface area (Å²) in [6.45, 7) is 7.19. The molecule has 7 nitrogen and oxygen atoms in total. The van der Waals surface area contributed by atoms with E-state index in [2.05, 4.69) is 10.6 Å². The fraction of sp³-hybridized carbons (Fsp3) is 0.364. The Morgan fingerprint density at radius 2 is 1.68 bits per heavy atom. The fourth-order valence-electron chi connectivity index (χ4n) is 2.93. The maximum atomic E-state index is 13.0. The van der Waals surface area contributed by atoms with Gasteiger partial charge >= 0.3 is 0 Å². The van der Waals surface area contributed by atoms with Crippen molar-refractivity contribution in [3.05, 3.63) is 58.1 Å². The van der Waals surface area contributed by atoms with Crippen molar-refractivity contribution in [2.24, 2.45) is 5.92 Å². The molecule has 0 fully saturated rings. The SMILES string of the molecule is Cc1cc(S(=O)(=O)N(C)C)cc(NC(=O)[C@@H](NC(=O)c2ccccc2Cl)C(C)C)c1C. The number of sulfonamides is 1. The lowest BCUT2D eigenvalue weighted by molar-refractivity contribution is -0.118. The molecule has 9 heteroatoms. The van der Waals surface area contributed by atoms with Gasteiger partial charge in [-0.3, -0.25) is 9.59 Å². The molecule has 0 aliphatic carbocycles. The molecule has 0 aromatic heterocycles. The Labute approximate surface area is 188 Å². The number of hydrogen-bond acceptors (Lipinski definition) is 4. The van der Waals surface area contributed by atoms with Gasteiger partial charge < -0.3 is 10.6 Å². The Kier molecular flexibility index (Phi) is 7.86. The molecule has 0 radical (unpaired) electrons. The first kappa shape index (κ1) is 24.8. The van der Waals surface area contributed by atoms with Crippen LogP contribution in [0.5, 0.6) is 0 Å². The molecule has 0 aliphatic heterocycles. The van der Waals surface area contributed by atoms with Gasteiger partial charge in [-0.2, -0.15) is 0 Å². The zero-order valence-electron chi connectivity index (χ0n) is 18.5. The molecule has 1 atom stereocenters. The summed E-state index contributed by atoms with van der Waals surface area (Å²) in [6, 6.07) is 8.74. The molecule has 0 unspecified atom stereocenters. The van der Waals surface area contributed by atoms with Gasteiger partial charge in [0.25, 0.3) is 5.91 Å². The molecule has 31 heavy (non-hydrogen) atoms. The molecule has 0 aliphatic rings. The van der Waals surface area contributed by atoms with E-state index in [0.717, 1.165) is 15.4 Å². The molecule has 2 aromatic rings. The van der Waals surface area contributed by atoms with E-state index in [9.17, 15) is 18.0 Å². The van der Waals surface area contributed by atoms with E-state index in [1.165, 1.54) is 20.2 Å². The number of aryl methyl sites for hydroxylation is 1. The van der Waals surface area contributed by atoms with Crippen molar-refractivity contribution in [3.63, 3.8) is 0 Å². The number of nitrogens with one attached hydrogen (secondary N) is 2. The number of amides is 2. The van der Waals surface area contributed by atoms with Crippen molar-refractivity contribution in [2.75, 3.05) is 19.4 Å². The molecular formula is C22H28ClN3O4S. The highest BCUT2D eigenvalue weighted by atomic mass is 35.5. The minimum Gasteiger partial charge on any atom is -0.340 e. The third-order valence-corrected chi connectivity index (χ3v) is 7.15. The molecule has 2 N–H and O–H groups in total. The Bertz CT molecular complexity index is 1100. The van der Waals surface area contributed by atoms with E-state index in [4.69, 9.17) is 11.6 Å². The Morgan fingerprint density at radius 1 is 1.06 bits per heavy atom. The van der Waals surface area contributed by atoms with Gasteiger partial charge in [-0.1, -0.05) is 37.6 Å². The van der Waals surface area contributed by atoms with Gasteiger partial charge in [0.1, 0.15) is 6.04 Å². The van der Waals surface area contributed by atoms with E-state index in [1.54, 1.807) is 44.2 Å². The monoisotopic (exact) mass is 465 g/mol. The van der Waals surface area contributed by atoms with Crippen LogP contribution in [0.1, 0.15) is 35.3 Å². The van der Waals surface area contributed by atoms with Gasteiger partial charge in [-0.25, -0.2) is 12.7 Å². The molecule has 0 spiro atoms. The third kappa shape index (κ3) is 5.64. The van der Waals surface area contributed by atoms with Crippen molar-refractivity contribution >= 4 is 39.1 Å². The second kappa shape index (κ2) is 9.80. The summed E-state index contributed by atoms with van der Waals surface area (Å²) in [5.74, 6) is -1.13. The van der Waals surface area contributed by atoms with Crippen LogP contribution in [0.15, 0.2) is 41.3 Å². The van der Waals surface area contributed by atoms with Crippen molar-refractivity contribution in [1.29, 1.82) is 0 Å². The van der Waals surface area contributed by atoms with Crippen molar-refractivity contribution in [1.82, 2.24) is 9.62 Å². The highest BCUT2D eigenvalue weighted by Gasteiger charge is 2.27. The molecule has 2 rings (SSSR count). The summed E-state index contributed by atoms with van der Waals surface area (Å²) in [4.78, 5) is 25.8. The van der Waals surface area contributed by atoms with Crippen LogP contribution in [0.25, 0.3) is 0 Å². The molecule has 168 valence electrons. The van der Waals surface area contributed by atoms with E-state index >= 15 is 0 Å². The normalized spacial score (nSPS) is 12.7. The van der Waals surface area contributed by atoms with E-state index in [-0.39, 0.29) is 21.4 Å². The van der Waals surface area contributed by atoms with Crippen LogP contribution in [0, 0.1) is 19.8 Å². The number of carbonyl (C=O) groups is 2. The number of anilines is 1. The summed E-state index contributed by atoms with van der Waals surface area (Å²) in [5, 5.41) is 5.80. The van der Waals surface area contributed by atoms with E-state index in [1.807, 2.05) is 13.8 Å². The van der Waals surface area contributed by atoms with E-state index in [0.29, 0.717) is 5.69 Å². The van der Waals surface area contributed by atoms with Crippen LogP contribution < -0.4 is 10.6 Å². The highest BCUT2D eigenvalue weighted by Crippen LogP contribution is 2.26. The van der Waals surface area contributed by atoms with Crippen molar-refractivity contribution in [2.45, 2.75) is 38.6 Å². The summed E-state index contributed by atoms with van der Waals surface area (Å²) in [5.41, 5.74) is 2.11. The summed E-state index contributed by atoms with van der Waals surface area (Å²) in [6.07, 6.45) is 0. The molecule has 2 aromatic carbocycles. The van der Waals surface area contributed by atoms with Gasteiger partial charge in [-0.05, 0) is 55.2 Å². The lowest BCUT2D eigenvalue weighted by atomic mass is 10.0. The second-order valence-electron chi connectivity index (χ2n) is 7.86. The number of nitrogens with zero attached hydrogens (tertiary/aromatic N) is 1. The molecular weight excluding hydrogens is 438 g/mol. The van der Waals surface area contributed by atoms with Crippen LogP contribution in [0.2, 0.25) is 5.02 Å². The quantitative estimate of drug-likeness (QED) is 0.653. The first-order chi connectivity index (χ1) is 14.4. The maximum Gasteiger partial charge on any atom is 0.253 e. The lowest BCUT2D eigenvalue weighted by Gasteiger charge is -2.23. The van der Waals surface area contributed by atoms with Crippen molar-refractivity contribution in [3.8, 4) is 0 Å². The average molecular weight is 466 g/mol. The van der Waals surface area contributed by atoms with Gasteiger partial charge in [0.15, 0.2) is 0 Å². The summed E-state index contributed by atoms with van der Waals surface area (Å²) in [7, 11) is -0.781. The minimum absolute atomic E-state index is 0.0806. The minimum atomic E-state index is -3.67. The first-order valence-corrected chi connectivity index (χ1v) is 11.6.